The second-order valence-electron chi connectivity index (χ2n) is 5.72. The van der Waals surface area contributed by atoms with Gasteiger partial charge in [0.1, 0.15) is 23.7 Å². The lowest BCUT2D eigenvalue weighted by Crippen LogP contribution is -2.24. The van der Waals surface area contributed by atoms with Gasteiger partial charge in [-0.1, -0.05) is 37.3 Å². The van der Waals surface area contributed by atoms with Gasteiger partial charge in [-0.15, -0.1) is 0 Å². The first-order valence-electron chi connectivity index (χ1n) is 8.17. The summed E-state index contributed by atoms with van der Waals surface area (Å²) in [4.78, 5) is 12.4. The van der Waals surface area contributed by atoms with Crippen LogP contribution in [0.4, 0.5) is 0 Å². The zero-order valence-electron chi connectivity index (χ0n) is 14.0. The molecular weight excluding hydrogens is 302 g/mol. The standard InChI is InChI=1S/C20H21NO3/c1-3-11-21-20(22)19-14(2)24-18-10-9-16(12-17(18)19)23-13-15-7-5-4-6-8-15/h4-10,12H,3,11,13H2,1-2H3,(H,21,22). The van der Waals surface area contributed by atoms with Gasteiger partial charge in [-0.3, -0.25) is 4.79 Å². The molecule has 0 saturated carbocycles. The maximum Gasteiger partial charge on any atom is 0.255 e. The van der Waals surface area contributed by atoms with E-state index in [4.69, 9.17) is 9.15 Å². The number of rotatable bonds is 6. The Labute approximate surface area is 141 Å². The predicted octanol–water partition coefficient (Wildman–Crippen LogP) is 4.46. The molecule has 0 saturated heterocycles. The number of hydrogen-bond donors (Lipinski definition) is 1. The van der Waals surface area contributed by atoms with E-state index in [0.717, 1.165) is 23.1 Å². The highest BCUT2D eigenvalue weighted by atomic mass is 16.5. The number of hydrogen-bond acceptors (Lipinski definition) is 3. The molecule has 1 aromatic heterocycles. The lowest BCUT2D eigenvalue weighted by Gasteiger charge is -2.07. The van der Waals surface area contributed by atoms with Gasteiger partial charge in [0.25, 0.3) is 5.91 Å². The molecule has 4 heteroatoms. The molecule has 2 aromatic carbocycles. The molecule has 24 heavy (non-hydrogen) atoms. The SMILES string of the molecule is CCCNC(=O)c1c(C)oc2ccc(OCc3ccccc3)cc12. The number of amides is 1. The van der Waals surface area contributed by atoms with Gasteiger partial charge >= 0.3 is 0 Å². The van der Waals surface area contributed by atoms with E-state index in [9.17, 15) is 4.79 Å². The van der Waals surface area contributed by atoms with Crippen LogP contribution in [-0.4, -0.2) is 12.5 Å². The number of nitrogens with one attached hydrogen (secondary N) is 1. The third kappa shape index (κ3) is 3.43. The molecular formula is C20H21NO3. The minimum Gasteiger partial charge on any atom is -0.489 e. The molecule has 3 rings (SSSR count). The number of benzene rings is 2. The summed E-state index contributed by atoms with van der Waals surface area (Å²) in [5.41, 5.74) is 2.38. The smallest absolute Gasteiger partial charge is 0.255 e. The Balaban J connectivity index is 1.85. The first kappa shape index (κ1) is 16.1. The zero-order chi connectivity index (χ0) is 16.9. The van der Waals surface area contributed by atoms with Crippen LogP contribution < -0.4 is 10.1 Å². The van der Waals surface area contributed by atoms with Crippen LogP contribution in [0, 0.1) is 6.92 Å². The number of aryl methyl sites for hydroxylation is 1. The first-order chi connectivity index (χ1) is 11.7. The van der Waals surface area contributed by atoms with Crippen molar-refractivity contribution < 1.29 is 13.9 Å². The molecule has 1 amide bonds. The summed E-state index contributed by atoms with van der Waals surface area (Å²) in [5, 5.41) is 3.69. The fraction of sp³-hybridized carbons (Fsp3) is 0.250. The molecule has 4 nitrogen and oxygen atoms in total. The van der Waals surface area contributed by atoms with Crippen LogP contribution >= 0.6 is 0 Å². The molecule has 0 unspecified atom stereocenters. The van der Waals surface area contributed by atoms with E-state index in [1.165, 1.54) is 0 Å². The second-order valence-corrected chi connectivity index (χ2v) is 5.72. The van der Waals surface area contributed by atoms with Crippen molar-refractivity contribution in [3.05, 3.63) is 65.4 Å². The highest BCUT2D eigenvalue weighted by Crippen LogP contribution is 2.29. The summed E-state index contributed by atoms with van der Waals surface area (Å²) < 4.78 is 11.6. The van der Waals surface area contributed by atoms with Gasteiger partial charge in [0, 0.05) is 11.9 Å². The van der Waals surface area contributed by atoms with Crippen LogP contribution in [0.2, 0.25) is 0 Å². The Morgan fingerprint density at radius 2 is 1.96 bits per heavy atom. The molecule has 0 spiro atoms. The maximum atomic E-state index is 12.4. The largest absolute Gasteiger partial charge is 0.489 e. The normalized spacial score (nSPS) is 10.8. The highest BCUT2D eigenvalue weighted by Gasteiger charge is 2.18. The third-order valence-corrected chi connectivity index (χ3v) is 3.85. The number of furan rings is 1. The average Bonchev–Trinajstić information content (AvgIpc) is 2.94. The lowest BCUT2D eigenvalue weighted by molar-refractivity contribution is 0.0953. The lowest BCUT2D eigenvalue weighted by atomic mass is 10.1. The van der Waals surface area contributed by atoms with E-state index in [2.05, 4.69) is 5.32 Å². The Morgan fingerprint density at radius 1 is 1.17 bits per heavy atom. The van der Waals surface area contributed by atoms with Gasteiger partial charge < -0.3 is 14.5 Å². The van der Waals surface area contributed by atoms with Crippen molar-refractivity contribution in [3.63, 3.8) is 0 Å². The quantitative estimate of drug-likeness (QED) is 0.728. The monoisotopic (exact) mass is 323 g/mol. The molecule has 0 aliphatic heterocycles. The van der Waals surface area contributed by atoms with E-state index in [0.29, 0.717) is 30.1 Å². The van der Waals surface area contributed by atoms with Gasteiger partial charge in [0.15, 0.2) is 0 Å². The molecule has 1 N–H and O–H groups in total. The van der Waals surface area contributed by atoms with Crippen molar-refractivity contribution in [2.75, 3.05) is 6.54 Å². The summed E-state index contributed by atoms with van der Waals surface area (Å²) in [6, 6.07) is 15.6. The molecule has 0 fully saturated rings. The topological polar surface area (TPSA) is 51.5 Å². The van der Waals surface area contributed by atoms with E-state index >= 15 is 0 Å². The second kappa shape index (κ2) is 7.21. The molecule has 0 aliphatic rings. The van der Waals surface area contributed by atoms with E-state index in [-0.39, 0.29) is 5.91 Å². The van der Waals surface area contributed by atoms with Crippen molar-refractivity contribution >= 4 is 16.9 Å². The summed E-state index contributed by atoms with van der Waals surface area (Å²) in [6.07, 6.45) is 0.895. The summed E-state index contributed by atoms with van der Waals surface area (Å²) in [6.45, 7) is 4.97. The Bertz CT molecular complexity index is 837. The van der Waals surface area contributed by atoms with Gasteiger partial charge in [0.2, 0.25) is 0 Å². The summed E-state index contributed by atoms with van der Waals surface area (Å²) >= 11 is 0. The molecule has 1 heterocycles. The predicted molar refractivity (Wildman–Crippen MR) is 94.3 cm³/mol. The van der Waals surface area contributed by atoms with Crippen molar-refractivity contribution in [1.29, 1.82) is 0 Å². The Morgan fingerprint density at radius 3 is 2.71 bits per heavy atom. The number of carbonyl (C=O) groups excluding carboxylic acids is 1. The van der Waals surface area contributed by atoms with Crippen molar-refractivity contribution in [2.45, 2.75) is 26.9 Å². The third-order valence-electron chi connectivity index (χ3n) is 3.85. The van der Waals surface area contributed by atoms with Crippen molar-refractivity contribution in [3.8, 4) is 5.75 Å². The minimum absolute atomic E-state index is 0.103. The van der Waals surface area contributed by atoms with E-state index < -0.39 is 0 Å². The average molecular weight is 323 g/mol. The van der Waals surface area contributed by atoms with Crippen LogP contribution in [0.25, 0.3) is 11.0 Å². The fourth-order valence-electron chi connectivity index (χ4n) is 2.64. The summed E-state index contributed by atoms with van der Waals surface area (Å²) in [7, 11) is 0. The van der Waals surface area contributed by atoms with Crippen molar-refractivity contribution in [1.82, 2.24) is 5.32 Å². The van der Waals surface area contributed by atoms with Gasteiger partial charge in [-0.25, -0.2) is 0 Å². The molecule has 124 valence electrons. The van der Waals surface area contributed by atoms with Crippen LogP contribution in [0.5, 0.6) is 5.75 Å². The highest BCUT2D eigenvalue weighted by molar-refractivity contribution is 6.07. The zero-order valence-corrected chi connectivity index (χ0v) is 14.0. The Kier molecular flexibility index (Phi) is 4.85. The minimum atomic E-state index is -0.103. The first-order valence-corrected chi connectivity index (χ1v) is 8.17. The van der Waals surface area contributed by atoms with E-state index in [1.54, 1.807) is 0 Å². The maximum absolute atomic E-state index is 12.4. The number of carbonyl (C=O) groups is 1. The molecule has 0 atom stereocenters. The number of ether oxygens (including phenoxy) is 1. The van der Waals surface area contributed by atoms with Crippen LogP contribution in [0.1, 0.15) is 35.0 Å². The molecule has 0 bridgehead atoms. The van der Waals surface area contributed by atoms with Crippen molar-refractivity contribution in [2.24, 2.45) is 0 Å². The molecule has 0 radical (unpaired) electrons. The van der Waals surface area contributed by atoms with Crippen LogP contribution in [0.3, 0.4) is 0 Å². The van der Waals surface area contributed by atoms with E-state index in [1.807, 2.05) is 62.4 Å². The fourth-order valence-corrected chi connectivity index (χ4v) is 2.64. The molecule has 0 aliphatic carbocycles. The number of fused-ring (bicyclic) bond motifs is 1. The van der Waals surface area contributed by atoms with Crippen LogP contribution in [-0.2, 0) is 6.61 Å². The van der Waals surface area contributed by atoms with Gasteiger partial charge in [-0.05, 0) is 37.1 Å². The Hall–Kier alpha value is -2.75. The summed E-state index contributed by atoms with van der Waals surface area (Å²) in [5.74, 6) is 1.24. The van der Waals surface area contributed by atoms with Crippen LogP contribution in [0.15, 0.2) is 52.9 Å². The van der Waals surface area contributed by atoms with Gasteiger partial charge in [0.05, 0.1) is 5.56 Å². The molecule has 3 aromatic rings. The van der Waals surface area contributed by atoms with Gasteiger partial charge in [-0.2, -0.15) is 0 Å².